The highest BCUT2D eigenvalue weighted by Gasteiger charge is 2.28. The lowest BCUT2D eigenvalue weighted by Gasteiger charge is -2.33. The Morgan fingerprint density at radius 1 is 1.19 bits per heavy atom. The van der Waals surface area contributed by atoms with Gasteiger partial charge in [0.1, 0.15) is 0 Å². The summed E-state index contributed by atoms with van der Waals surface area (Å²) in [6, 6.07) is 0. The van der Waals surface area contributed by atoms with Crippen LogP contribution in [0.15, 0.2) is 0 Å². The lowest BCUT2D eigenvalue weighted by molar-refractivity contribution is 0.0266. The summed E-state index contributed by atoms with van der Waals surface area (Å²) < 4.78 is 4.83. The second kappa shape index (κ2) is 9.00. The molecule has 0 saturated heterocycles. The van der Waals surface area contributed by atoms with Crippen molar-refractivity contribution < 1.29 is 9.84 Å². The normalized spacial score (nSPS) is 29.8. The Kier molecular flexibility index (Phi) is 8.96. The van der Waals surface area contributed by atoms with Crippen LogP contribution in [0.1, 0.15) is 53.9 Å². The molecule has 1 fully saturated rings. The molecule has 0 bridgehead atoms. The van der Waals surface area contributed by atoms with Gasteiger partial charge >= 0.3 is 0 Å². The zero-order valence-electron chi connectivity index (χ0n) is 11.7. The molecular formula is C14H30O2. The van der Waals surface area contributed by atoms with Gasteiger partial charge in [-0.25, -0.2) is 0 Å². The molecule has 0 aromatic rings. The monoisotopic (exact) mass is 230 g/mol. The maximum atomic E-state index is 9.71. The first-order chi connectivity index (χ1) is 7.52. The minimum atomic E-state index is -0.0289. The van der Waals surface area contributed by atoms with Gasteiger partial charge in [-0.2, -0.15) is 0 Å². The van der Waals surface area contributed by atoms with Crippen molar-refractivity contribution in [3.8, 4) is 0 Å². The van der Waals surface area contributed by atoms with Crippen LogP contribution in [-0.4, -0.2) is 24.4 Å². The molecule has 0 amide bonds. The Morgan fingerprint density at radius 2 is 1.75 bits per heavy atom. The average Bonchev–Trinajstić information content (AvgIpc) is 2.19. The van der Waals surface area contributed by atoms with Gasteiger partial charge in [-0.3, -0.25) is 0 Å². The highest BCUT2D eigenvalue weighted by atomic mass is 16.5. The van der Waals surface area contributed by atoms with Crippen molar-refractivity contribution in [1.82, 2.24) is 0 Å². The SMILES string of the molecule is CC1CCC(C(C)C)C(O)C1.CCOCC. The number of rotatable bonds is 3. The van der Waals surface area contributed by atoms with Gasteiger partial charge in [-0.1, -0.05) is 27.2 Å². The molecule has 1 saturated carbocycles. The van der Waals surface area contributed by atoms with E-state index in [9.17, 15) is 5.11 Å². The molecule has 0 spiro atoms. The van der Waals surface area contributed by atoms with Crippen LogP contribution in [0, 0.1) is 17.8 Å². The van der Waals surface area contributed by atoms with Gasteiger partial charge in [-0.05, 0) is 44.4 Å². The van der Waals surface area contributed by atoms with E-state index in [4.69, 9.17) is 4.74 Å². The van der Waals surface area contributed by atoms with E-state index in [2.05, 4.69) is 20.8 Å². The zero-order chi connectivity index (χ0) is 12.6. The van der Waals surface area contributed by atoms with Crippen molar-refractivity contribution in [1.29, 1.82) is 0 Å². The number of hydrogen-bond acceptors (Lipinski definition) is 2. The first-order valence-corrected chi connectivity index (χ1v) is 6.78. The summed E-state index contributed by atoms with van der Waals surface area (Å²) in [5.41, 5.74) is 0. The van der Waals surface area contributed by atoms with Crippen molar-refractivity contribution in [2.45, 2.75) is 60.0 Å². The maximum Gasteiger partial charge on any atom is 0.0573 e. The van der Waals surface area contributed by atoms with Crippen LogP contribution in [0.3, 0.4) is 0 Å². The first kappa shape index (κ1) is 15.9. The molecule has 0 aromatic heterocycles. The highest BCUT2D eigenvalue weighted by molar-refractivity contribution is 4.79. The standard InChI is InChI=1S/C10H20O.C4H10O/c1-7(2)9-5-4-8(3)6-10(9)11;1-3-5-4-2/h7-11H,4-6H2,1-3H3;3-4H2,1-2H3. The van der Waals surface area contributed by atoms with E-state index >= 15 is 0 Å². The summed E-state index contributed by atoms with van der Waals surface area (Å²) in [6.45, 7) is 12.3. The van der Waals surface area contributed by atoms with Gasteiger partial charge < -0.3 is 9.84 Å². The molecular weight excluding hydrogens is 200 g/mol. The largest absolute Gasteiger partial charge is 0.393 e. The Hall–Kier alpha value is -0.0800. The van der Waals surface area contributed by atoms with Crippen LogP contribution in [0.5, 0.6) is 0 Å². The third-order valence-corrected chi connectivity index (χ3v) is 3.40. The van der Waals surface area contributed by atoms with E-state index in [0.29, 0.717) is 11.8 Å². The molecule has 3 atom stereocenters. The smallest absolute Gasteiger partial charge is 0.0573 e. The Labute approximate surface area is 101 Å². The second-order valence-electron chi connectivity index (χ2n) is 5.17. The molecule has 3 unspecified atom stereocenters. The van der Waals surface area contributed by atoms with E-state index in [1.165, 1.54) is 12.8 Å². The molecule has 0 heterocycles. The van der Waals surface area contributed by atoms with Gasteiger partial charge in [0.15, 0.2) is 0 Å². The van der Waals surface area contributed by atoms with Gasteiger partial charge in [0.25, 0.3) is 0 Å². The molecule has 2 heteroatoms. The Bertz CT molecular complexity index is 155. The summed E-state index contributed by atoms with van der Waals surface area (Å²) >= 11 is 0. The average molecular weight is 230 g/mol. The molecule has 1 N–H and O–H groups in total. The summed E-state index contributed by atoms with van der Waals surface area (Å²) in [7, 11) is 0. The van der Waals surface area contributed by atoms with Crippen molar-refractivity contribution >= 4 is 0 Å². The molecule has 1 aliphatic carbocycles. The summed E-state index contributed by atoms with van der Waals surface area (Å²) in [4.78, 5) is 0. The third kappa shape index (κ3) is 6.49. The van der Waals surface area contributed by atoms with E-state index in [1.54, 1.807) is 0 Å². The predicted octanol–water partition coefficient (Wildman–Crippen LogP) is 3.48. The Balaban J connectivity index is 0.000000385. The molecule has 0 radical (unpaired) electrons. The molecule has 0 aromatic carbocycles. The summed E-state index contributed by atoms with van der Waals surface area (Å²) in [5.74, 6) is 1.95. The maximum absolute atomic E-state index is 9.71. The number of aliphatic hydroxyl groups is 1. The number of hydrogen-bond donors (Lipinski definition) is 1. The molecule has 2 nitrogen and oxygen atoms in total. The van der Waals surface area contributed by atoms with Crippen LogP contribution in [0.2, 0.25) is 0 Å². The number of ether oxygens (including phenoxy) is 1. The topological polar surface area (TPSA) is 29.5 Å². The van der Waals surface area contributed by atoms with Crippen LogP contribution in [-0.2, 0) is 4.74 Å². The van der Waals surface area contributed by atoms with Crippen LogP contribution >= 0.6 is 0 Å². The fourth-order valence-corrected chi connectivity index (χ4v) is 2.36. The Morgan fingerprint density at radius 3 is 2.06 bits per heavy atom. The fraction of sp³-hybridized carbons (Fsp3) is 1.00. The second-order valence-corrected chi connectivity index (χ2v) is 5.17. The predicted molar refractivity (Wildman–Crippen MR) is 69.5 cm³/mol. The van der Waals surface area contributed by atoms with Gasteiger partial charge in [0.05, 0.1) is 6.10 Å². The summed E-state index contributed by atoms with van der Waals surface area (Å²) in [5, 5.41) is 9.71. The minimum Gasteiger partial charge on any atom is -0.393 e. The van der Waals surface area contributed by atoms with Crippen molar-refractivity contribution in [2.24, 2.45) is 17.8 Å². The quantitative estimate of drug-likeness (QED) is 0.804. The van der Waals surface area contributed by atoms with Crippen molar-refractivity contribution in [2.75, 3.05) is 13.2 Å². The lowest BCUT2D eigenvalue weighted by atomic mass is 9.75. The summed E-state index contributed by atoms with van der Waals surface area (Å²) in [6.07, 6.45) is 3.52. The van der Waals surface area contributed by atoms with E-state index in [1.807, 2.05) is 13.8 Å². The van der Waals surface area contributed by atoms with Crippen LogP contribution < -0.4 is 0 Å². The fourth-order valence-electron chi connectivity index (χ4n) is 2.36. The third-order valence-electron chi connectivity index (χ3n) is 3.40. The van der Waals surface area contributed by atoms with Crippen LogP contribution in [0.25, 0.3) is 0 Å². The van der Waals surface area contributed by atoms with Gasteiger partial charge in [-0.15, -0.1) is 0 Å². The first-order valence-electron chi connectivity index (χ1n) is 6.78. The molecule has 16 heavy (non-hydrogen) atoms. The minimum absolute atomic E-state index is 0.0289. The van der Waals surface area contributed by atoms with E-state index in [-0.39, 0.29) is 6.10 Å². The molecule has 1 aliphatic rings. The lowest BCUT2D eigenvalue weighted by Crippen LogP contribution is -2.31. The van der Waals surface area contributed by atoms with E-state index < -0.39 is 0 Å². The molecule has 1 rings (SSSR count). The van der Waals surface area contributed by atoms with E-state index in [0.717, 1.165) is 25.6 Å². The van der Waals surface area contributed by atoms with Crippen molar-refractivity contribution in [3.63, 3.8) is 0 Å². The molecule has 0 aliphatic heterocycles. The highest BCUT2D eigenvalue weighted by Crippen LogP contribution is 2.33. The van der Waals surface area contributed by atoms with Crippen molar-refractivity contribution in [3.05, 3.63) is 0 Å². The van der Waals surface area contributed by atoms with Gasteiger partial charge in [0.2, 0.25) is 0 Å². The zero-order valence-corrected chi connectivity index (χ0v) is 11.7. The number of aliphatic hydroxyl groups excluding tert-OH is 1. The van der Waals surface area contributed by atoms with Crippen LogP contribution in [0.4, 0.5) is 0 Å². The van der Waals surface area contributed by atoms with Gasteiger partial charge in [0, 0.05) is 13.2 Å². The molecule has 98 valence electrons.